The van der Waals surface area contributed by atoms with Crippen LogP contribution in [0, 0.1) is 0 Å². The van der Waals surface area contributed by atoms with E-state index >= 15 is 0 Å². The lowest BCUT2D eigenvalue weighted by Crippen LogP contribution is -2.32. The molecule has 0 saturated heterocycles. The minimum absolute atomic E-state index is 0.161. The molecule has 3 rings (SSSR count). The highest BCUT2D eigenvalue weighted by Crippen LogP contribution is 2.36. The normalized spacial score (nSPS) is 16.7. The van der Waals surface area contributed by atoms with Gasteiger partial charge in [0.05, 0.1) is 19.8 Å². The molecule has 0 radical (unpaired) electrons. The Labute approximate surface area is 126 Å². The van der Waals surface area contributed by atoms with Crippen LogP contribution < -0.4 is 14.2 Å². The maximum Gasteiger partial charge on any atom is 0.327 e. The minimum Gasteiger partial charge on any atom is -0.481 e. The first-order chi connectivity index (χ1) is 10.7. The molecule has 1 aliphatic rings. The zero-order valence-corrected chi connectivity index (χ0v) is 12.0. The van der Waals surface area contributed by atoms with Gasteiger partial charge in [-0.1, -0.05) is 12.1 Å². The number of benzene rings is 1. The Morgan fingerprint density at radius 2 is 1.82 bits per heavy atom. The van der Waals surface area contributed by atoms with Crippen LogP contribution in [0.4, 0.5) is 0 Å². The zero-order valence-electron chi connectivity index (χ0n) is 12.0. The van der Waals surface area contributed by atoms with Crippen molar-refractivity contribution in [1.82, 2.24) is 4.98 Å². The molecule has 22 heavy (non-hydrogen) atoms. The number of nitrogens with zero attached hydrogens (tertiary/aromatic N) is 1. The van der Waals surface area contributed by atoms with E-state index < -0.39 is 11.9 Å². The van der Waals surface area contributed by atoms with Gasteiger partial charge in [-0.2, -0.15) is 4.98 Å². The fourth-order valence-corrected chi connectivity index (χ4v) is 2.39. The highest BCUT2D eigenvalue weighted by atomic mass is 16.5. The maximum absolute atomic E-state index is 12.6. The van der Waals surface area contributed by atoms with Crippen LogP contribution in [-0.4, -0.2) is 31.0 Å². The molecule has 1 aliphatic heterocycles. The van der Waals surface area contributed by atoms with Gasteiger partial charge in [-0.15, -0.1) is 0 Å². The second-order valence-corrected chi connectivity index (χ2v) is 4.67. The number of ketones is 1. The Morgan fingerprint density at radius 3 is 2.55 bits per heavy atom. The lowest BCUT2D eigenvalue weighted by atomic mass is 9.89. The van der Waals surface area contributed by atoms with E-state index in [2.05, 4.69) is 4.98 Å². The van der Waals surface area contributed by atoms with Gasteiger partial charge >= 0.3 is 5.97 Å². The lowest BCUT2D eigenvalue weighted by Gasteiger charge is -2.23. The molecule has 0 N–H and O–H groups in total. The molecule has 6 nitrogen and oxygen atoms in total. The molecule has 0 spiro atoms. The molecule has 1 aromatic carbocycles. The lowest BCUT2D eigenvalue weighted by molar-refractivity contribution is -0.135. The van der Waals surface area contributed by atoms with Gasteiger partial charge in [0.25, 0.3) is 0 Å². The molecule has 1 unspecified atom stereocenters. The van der Waals surface area contributed by atoms with E-state index in [-0.39, 0.29) is 17.4 Å². The summed E-state index contributed by atoms with van der Waals surface area (Å²) in [4.78, 5) is 29.0. The minimum atomic E-state index is -1.09. The first-order valence-electron chi connectivity index (χ1n) is 6.59. The van der Waals surface area contributed by atoms with Crippen LogP contribution in [0.5, 0.6) is 17.5 Å². The summed E-state index contributed by atoms with van der Waals surface area (Å²) in [5.41, 5.74) is 0.720. The van der Waals surface area contributed by atoms with E-state index in [1.807, 2.05) is 0 Å². The molecule has 0 fully saturated rings. The highest BCUT2D eigenvalue weighted by Gasteiger charge is 2.39. The summed E-state index contributed by atoms with van der Waals surface area (Å²) in [5.74, 6) is -1.31. The standard InChI is InChI=1S/C16H13NO5/c1-20-12-8-7-10(15(17-12)21-2)13-14(18)9-5-3-4-6-11(9)22-16(13)19/h3-8,13H,1-2H3. The summed E-state index contributed by atoms with van der Waals surface area (Å²) in [6, 6.07) is 9.79. The molecule has 0 saturated carbocycles. The Bertz CT molecular complexity index is 756. The van der Waals surface area contributed by atoms with E-state index in [0.717, 1.165) is 0 Å². The number of methoxy groups -OCH3 is 2. The fourth-order valence-electron chi connectivity index (χ4n) is 2.39. The topological polar surface area (TPSA) is 74.7 Å². The predicted octanol–water partition coefficient (Wildman–Crippen LogP) is 1.98. The number of hydrogen-bond donors (Lipinski definition) is 0. The van der Waals surface area contributed by atoms with Crippen molar-refractivity contribution < 1.29 is 23.8 Å². The summed E-state index contributed by atoms with van der Waals surface area (Å²) >= 11 is 0. The number of fused-ring (bicyclic) bond motifs is 1. The summed E-state index contributed by atoms with van der Waals surface area (Å²) in [6.07, 6.45) is 0. The van der Waals surface area contributed by atoms with Gasteiger partial charge in [0.2, 0.25) is 11.8 Å². The van der Waals surface area contributed by atoms with Gasteiger partial charge in [-0.25, -0.2) is 0 Å². The van der Waals surface area contributed by atoms with Crippen LogP contribution in [0.1, 0.15) is 21.8 Å². The van der Waals surface area contributed by atoms with Crippen molar-refractivity contribution in [3.63, 3.8) is 0 Å². The number of pyridine rings is 1. The van der Waals surface area contributed by atoms with Crippen molar-refractivity contribution in [2.45, 2.75) is 5.92 Å². The van der Waals surface area contributed by atoms with E-state index in [1.165, 1.54) is 14.2 Å². The first-order valence-corrected chi connectivity index (χ1v) is 6.59. The summed E-state index contributed by atoms with van der Waals surface area (Å²) in [5, 5.41) is 0. The predicted molar refractivity (Wildman–Crippen MR) is 76.5 cm³/mol. The number of esters is 1. The third kappa shape index (κ3) is 2.18. The number of ether oxygens (including phenoxy) is 3. The van der Waals surface area contributed by atoms with Gasteiger partial charge in [0.15, 0.2) is 11.7 Å². The summed E-state index contributed by atoms with van der Waals surface area (Å²) < 4.78 is 15.4. The van der Waals surface area contributed by atoms with Crippen molar-refractivity contribution in [1.29, 1.82) is 0 Å². The fraction of sp³-hybridized carbons (Fsp3) is 0.188. The molecule has 1 atom stereocenters. The number of aromatic nitrogens is 1. The molecule has 0 aliphatic carbocycles. The van der Waals surface area contributed by atoms with Crippen molar-refractivity contribution in [2.24, 2.45) is 0 Å². The summed E-state index contributed by atoms with van der Waals surface area (Å²) in [6.45, 7) is 0. The number of hydrogen-bond acceptors (Lipinski definition) is 6. The van der Waals surface area contributed by atoms with E-state index in [1.54, 1.807) is 36.4 Å². The third-order valence-corrected chi connectivity index (χ3v) is 3.44. The molecule has 112 valence electrons. The van der Waals surface area contributed by atoms with Crippen LogP contribution in [0.15, 0.2) is 36.4 Å². The first kappa shape index (κ1) is 14.1. The quantitative estimate of drug-likeness (QED) is 0.490. The number of carbonyl (C=O) groups is 2. The molecule has 1 aromatic heterocycles. The van der Waals surface area contributed by atoms with Crippen LogP contribution in [0.25, 0.3) is 0 Å². The highest BCUT2D eigenvalue weighted by molar-refractivity contribution is 6.17. The Morgan fingerprint density at radius 1 is 1.05 bits per heavy atom. The van der Waals surface area contributed by atoms with E-state index in [4.69, 9.17) is 14.2 Å². The monoisotopic (exact) mass is 299 g/mol. The van der Waals surface area contributed by atoms with Crippen LogP contribution in [-0.2, 0) is 4.79 Å². The Kier molecular flexibility index (Phi) is 3.50. The molecule has 0 bridgehead atoms. The maximum atomic E-state index is 12.6. The van der Waals surface area contributed by atoms with Crippen LogP contribution in [0.2, 0.25) is 0 Å². The van der Waals surface area contributed by atoms with Crippen LogP contribution in [0.3, 0.4) is 0 Å². The van der Waals surface area contributed by atoms with Gasteiger partial charge < -0.3 is 14.2 Å². The van der Waals surface area contributed by atoms with E-state index in [9.17, 15) is 9.59 Å². The zero-order chi connectivity index (χ0) is 15.7. The second kappa shape index (κ2) is 5.48. The van der Waals surface area contributed by atoms with Gasteiger partial charge in [-0.05, 0) is 18.2 Å². The summed E-state index contributed by atoms with van der Waals surface area (Å²) in [7, 11) is 2.88. The molecular weight excluding hydrogens is 286 g/mol. The Balaban J connectivity index is 2.09. The van der Waals surface area contributed by atoms with Crippen molar-refractivity contribution >= 4 is 11.8 Å². The number of Topliss-reactive ketones (excluding diaryl/α,β-unsaturated/α-hetero) is 1. The van der Waals surface area contributed by atoms with Gasteiger partial charge in [0.1, 0.15) is 5.75 Å². The number of carbonyl (C=O) groups excluding carboxylic acids is 2. The Hall–Kier alpha value is -2.89. The smallest absolute Gasteiger partial charge is 0.327 e. The SMILES string of the molecule is COc1ccc(C2C(=O)Oc3ccccc3C2=O)c(OC)n1. The van der Waals surface area contributed by atoms with Crippen molar-refractivity contribution in [3.8, 4) is 17.5 Å². The van der Waals surface area contributed by atoms with Gasteiger partial charge in [-0.3, -0.25) is 9.59 Å². The van der Waals surface area contributed by atoms with Crippen molar-refractivity contribution in [3.05, 3.63) is 47.5 Å². The second-order valence-electron chi connectivity index (χ2n) is 4.67. The molecule has 0 amide bonds. The third-order valence-electron chi connectivity index (χ3n) is 3.44. The number of rotatable bonds is 3. The average Bonchev–Trinajstić information content (AvgIpc) is 2.55. The van der Waals surface area contributed by atoms with Crippen LogP contribution >= 0.6 is 0 Å². The van der Waals surface area contributed by atoms with Crippen molar-refractivity contribution in [2.75, 3.05) is 14.2 Å². The molecule has 2 aromatic rings. The van der Waals surface area contributed by atoms with E-state index in [0.29, 0.717) is 17.0 Å². The van der Waals surface area contributed by atoms with Gasteiger partial charge in [0, 0.05) is 11.6 Å². The largest absolute Gasteiger partial charge is 0.481 e. The molecule has 6 heteroatoms. The number of para-hydroxylation sites is 1. The molecular formula is C16H13NO5. The average molecular weight is 299 g/mol. The molecule has 2 heterocycles.